The van der Waals surface area contributed by atoms with Gasteiger partial charge in [-0.15, -0.1) is 0 Å². The van der Waals surface area contributed by atoms with E-state index in [9.17, 15) is 8.78 Å². The second-order valence-electron chi connectivity index (χ2n) is 3.19. The Morgan fingerprint density at radius 3 is 2.67 bits per heavy atom. The zero-order chi connectivity index (χ0) is 13.1. The van der Waals surface area contributed by atoms with E-state index in [0.717, 1.165) is 0 Å². The number of hydrogen-bond donors (Lipinski definition) is 2. The monoisotopic (exact) mass is 316 g/mol. The van der Waals surface area contributed by atoms with Crippen molar-refractivity contribution in [1.29, 1.82) is 0 Å². The summed E-state index contributed by atoms with van der Waals surface area (Å²) in [5.74, 6) is 2.74. The van der Waals surface area contributed by atoms with Crippen LogP contribution < -0.4 is 16.0 Å². The Morgan fingerprint density at radius 2 is 2.00 bits per heavy atom. The fraction of sp³-hybridized carbons (Fsp3) is 0. The molecule has 94 valence electrons. The molecule has 3 N–H and O–H groups in total. The fourth-order valence-electron chi connectivity index (χ4n) is 1.18. The topological polar surface area (TPSA) is 73.1 Å². The van der Waals surface area contributed by atoms with Gasteiger partial charge in [-0.25, -0.2) is 14.6 Å². The zero-order valence-corrected chi connectivity index (χ0v) is 10.4. The molecular formula is C10H7BrF2N4O. The molecule has 5 nitrogen and oxygen atoms in total. The molecule has 0 amide bonds. The van der Waals surface area contributed by atoms with Crippen molar-refractivity contribution in [3.8, 4) is 11.6 Å². The SMILES string of the molecule is NNc1nc(Oc2cncc(Br)c2)c(F)cc1F. The first-order valence-corrected chi connectivity index (χ1v) is 5.50. The van der Waals surface area contributed by atoms with Crippen molar-refractivity contribution in [3.05, 3.63) is 40.6 Å². The predicted octanol–water partition coefficient (Wildman–Crippen LogP) is 2.60. The number of pyridine rings is 2. The number of nitrogens with zero attached hydrogens (tertiary/aromatic N) is 2. The average molecular weight is 317 g/mol. The van der Waals surface area contributed by atoms with Gasteiger partial charge in [0.2, 0.25) is 0 Å². The molecule has 0 aliphatic carbocycles. The second-order valence-corrected chi connectivity index (χ2v) is 4.11. The minimum atomic E-state index is -0.938. The molecule has 2 heterocycles. The minimum absolute atomic E-state index is 0.255. The first kappa shape index (κ1) is 12.7. The molecule has 8 heteroatoms. The molecule has 0 bridgehead atoms. The van der Waals surface area contributed by atoms with Crippen LogP contribution >= 0.6 is 15.9 Å². The highest BCUT2D eigenvalue weighted by Crippen LogP contribution is 2.26. The van der Waals surface area contributed by atoms with Crippen molar-refractivity contribution in [2.45, 2.75) is 0 Å². The van der Waals surface area contributed by atoms with Crippen LogP contribution in [0, 0.1) is 11.6 Å². The highest BCUT2D eigenvalue weighted by Gasteiger charge is 2.13. The van der Waals surface area contributed by atoms with Gasteiger partial charge in [-0.05, 0) is 22.0 Å². The summed E-state index contributed by atoms with van der Waals surface area (Å²) < 4.78 is 32.3. The quantitative estimate of drug-likeness (QED) is 0.672. The van der Waals surface area contributed by atoms with Crippen LogP contribution in [0.25, 0.3) is 0 Å². The van der Waals surface area contributed by atoms with Crippen LogP contribution in [0.5, 0.6) is 11.6 Å². The number of ether oxygens (including phenoxy) is 1. The van der Waals surface area contributed by atoms with Gasteiger partial charge in [-0.3, -0.25) is 4.98 Å². The molecule has 0 aliphatic rings. The molecule has 0 aliphatic heterocycles. The number of nitrogens with one attached hydrogen (secondary N) is 1. The largest absolute Gasteiger partial charge is 0.435 e. The van der Waals surface area contributed by atoms with Crippen molar-refractivity contribution in [1.82, 2.24) is 9.97 Å². The number of nitrogens with two attached hydrogens (primary N) is 1. The Hall–Kier alpha value is -1.80. The van der Waals surface area contributed by atoms with E-state index >= 15 is 0 Å². The number of rotatable bonds is 3. The molecule has 0 saturated heterocycles. The lowest BCUT2D eigenvalue weighted by molar-refractivity contribution is 0.416. The van der Waals surface area contributed by atoms with Crippen molar-refractivity contribution >= 4 is 21.7 Å². The Balaban J connectivity index is 2.34. The Bertz CT molecular complexity index is 582. The highest BCUT2D eigenvalue weighted by molar-refractivity contribution is 9.10. The van der Waals surface area contributed by atoms with E-state index in [-0.39, 0.29) is 11.6 Å². The lowest BCUT2D eigenvalue weighted by atomic mass is 10.4. The predicted molar refractivity (Wildman–Crippen MR) is 64.0 cm³/mol. The normalized spacial score (nSPS) is 10.2. The van der Waals surface area contributed by atoms with E-state index in [4.69, 9.17) is 10.6 Å². The number of aromatic nitrogens is 2. The molecule has 2 rings (SSSR count). The van der Waals surface area contributed by atoms with Gasteiger partial charge in [0.15, 0.2) is 17.5 Å². The molecule has 2 aromatic heterocycles. The van der Waals surface area contributed by atoms with Crippen LogP contribution in [0.2, 0.25) is 0 Å². The molecule has 0 fully saturated rings. The van der Waals surface area contributed by atoms with Crippen LogP contribution in [-0.2, 0) is 0 Å². The maximum Gasteiger partial charge on any atom is 0.258 e. The number of nitrogen functional groups attached to an aromatic ring is 1. The molecule has 2 aromatic rings. The third-order valence-corrected chi connectivity index (χ3v) is 2.36. The number of anilines is 1. The smallest absolute Gasteiger partial charge is 0.258 e. The van der Waals surface area contributed by atoms with Crippen molar-refractivity contribution in [2.75, 3.05) is 5.43 Å². The molecule has 18 heavy (non-hydrogen) atoms. The Kier molecular flexibility index (Phi) is 3.68. The van der Waals surface area contributed by atoms with Crippen molar-refractivity contribution in [2.24, 2.45) is 5.84 Å². The third kappa shape index (κ3) is 2.71. The van der Waals surface area contributed by atoms with Gasteiger partial charge in [-0.2, -0.15) is 4.98 Å². The molecule has 0 unspecified atom stereocenters. The van der Waals surface area contributed by atoms with Crippen molar-refractivity contribution in [3.63, 3.8) is 0 Å². The summed E-state index contributed by atoms with van der Waals surface area (Å²) in [5.41, 5.74) is 2.00. The van der Waals surface area contributed by atoms with Gasteiger partial charge in [0.25, 0.3) is 5.88 Å². The molecule has 0 radical (unpaired) electrons. The fourth-order valence-corrected chi connectivity index (χ4v) is 1.53. The first-order chi connectivity index (χ1) is 8.60. The third-order valence-electron chi connectivity index (χ3n) is 1.93. The van der Waals surface area contributed by atoms with Crippen LogP contribution in [0.1, 0.15) is 0 Å². The van der Waals surface area contributed by atoms with Crippen molar-refractivity contribution < 1.29 is 13.5 Å². The second kappa shape index (κ2) is 5.23. The summed E-state index contributed by atoms with van der Waals surface area (Å²) in [6.07, 6.45) is 2.90. The summed E-state index contributed by atoms with van der Waals surface area (Å²) in [7, 11) is 0. The van der Waals surface area contributed by atoms with E-state index in [1.807, 2.05) is 5.43 Å². The van der Waals surface area contributed by atoms with Crippen LogP contribution in [-0.4, -0.2) is 9.97 Å². The van der Waals surface area contributed by atoms with Gasteiger partial charge >= 0.3 is 0 Å². The van der Waals surface area contributed by atoms with Gasteiger partial charge in [-0.1, -0.05) is 0 Å². The number of halogens is 3. The minimum Gasteiger partial charge on any atom is -0.435 e. The van der Waals surface area contributed by atoms with E-state index in [0.29, 0.717) is 10.5 Å². The van der Waals surface area contributed by atoms with Gasteiger partial charge in [0.05, 0.1) is 6.20 Å². The van der Waals surface area contributed by atoms with Gasteiger partial charge < -0.3 is 10.2 Å². The maximum absolute atomic E-state index is 13.4. The zero-order valence-electron chi connectivity index (χ0n) is 8.82. The lowest BCUT2D eigenvalue weighted by Crippen LogP contribution is -2.11. The van der Waals surface area contributed by atoms with E-state index in [1.54, 1.807) is 6.07 Å². The van der Waals surface area contributed by atoms with Crippen LogP contribution in [0.3, 0.4) is 0 Å². The summed E-state index contributed by atoms with van der Waals surface area (Å²) in [4.78, 5) is 7.40. The summed E-state index contributed by atoms with van der Waals surface area (Å²) in [6, 6.07) is 2.19. The van der Waals surface area contributed by atoms with E-state index in [2.05, 4.69) is 25.9 Å². The van der Waals surface area contributed by atoms with Crippen LogP contribution in [0.4, 0.5) is 14.6 Å². The molecule has 0 saturated carbocycles. The summed E-state index contributed by atoms with van der Waals surface area (Å²) in [5, 5.41) is 0. The van der Waals surface area contributed by atoms with Gasteiger partial charge in [0, 0.05) is 16.7 Å². The lowest BCUT2D eigenvalue weighted by Gasteiger charge is -2.08. The van der Waals surface area contributed by atoms with Gasteiger partial charge in [0.1, 0.15) is 5.75 Å². The maximum atomic E-state index is 13.4. The standard InChI is InChI=1S/C10H7BrF2N4O/c11-5-1-6(4-15-3-5)18-10-8(13)2-7(12)9(16-10)17-14/h1-4H,14H2,(H,16,17). The molecule has 0 atom stereocenters. The van der Waals surface area contributed by atoms with E-state index in [1.165, 1.54) is 12.4 Å². The number of hydrogen-bond acceptors (Lipinski definition) is 5. The summed E-state index contributed by atoms with van der Waals surface area (Å²) >= 11 is 3.18. The molecule has 0 aromatic carbocycles. The average Bonchev–Trinajstić information content (AvgIpc) is 2.33. The Morgan fingerprint density at radius 1 is 1.22 bits per heavy atom. The highest BCUT2D eigenvalue weighted by atomic mass is 79.9. The van der Waals surface area contributed by atoms with E-state index < -0.39 is 17.5 Å². The molecular weight excluding hydrogens is 310 g/mol. The van der Waals surface area contributed by atoms with Crippen LogP contribution in [0.15, 0.2) is 29.0 Å². The Labute approximate surface area is 109 Å². The first-order valence-electron chi connectivity index (χ1n) is 4.71. The molecule has 0 spiro atoms. The number of hydrazine groups is 1. The summed E-state index contributed by atoms with van der Waals surface area (Å²) in [6.45, 7) is 0.